The summed E-state index contributed by atoms with van der Waals surface area (Å²) in [5.74, 6) is 0.0820. The standard InChI is InChI=1S/C23H23ClN4O/c24-18-9-7-17(8-10-18)23-20(28-13-5-2-6-21(28)25-23)16-27-15-19(14-22(27)29)26-11-3-1-4-12-26/h2,5-10,13-14H,1,3-4,11-12,15-16H2. The Kier molecular flexibility index (Phi) is 4.76. The van der Waals surface area contributed by atoms with Crippen molar-refractivity contribution >= 4 is 23.2 Å². The molecule has 0 aliphatic carbocycles. The second-order valence-corrected chi connectivity index (χ2v) is 8.16. The molecule has 0 N–H and O–H groups in total. The summed E-state index contributed by atoms with van der Waals surface area (Å²) in [5, 5.41) is 0.698. The van der Waals surface area contributed by atoms with Gasteiger partial charge in [-0.1, -0.05) is 29.8 Å². The smallest absolute Gasteiger partial charge is 0.249 e. The quantitative estimate of drug-likeness (QED) is 0.646. The van der Waals surface area contributed by atoms with Gasteiger partial charge in [0.15, 0.2) is 0 Å². The summed E-state index contributed by atoms with van der Waals surface area (Å²) in [5.41, 5.74) is 4.94. The van der Waals surface area contributed by atoms with Crippen LogP contribution in [0, 0.1) is 0 Å². The summed E-state index contributed by atoms with van der Waals surface area (Å²) < 4.78 is 2.08. The zero-order valence-electron chi connectivity index (χ0n) is 16.2. The van der Waals surface area contributed by atoms with Gasteiger partial charge in [0.05, 0.1) is 24.5 Å². The maximum Gasteiger partial charge on any atom is 0.249 e. The van der Waals surface area contributed by atoms with Crippen LogP contribution in [-0.4, -0.2) is 44.7 Å². The molecule has 0 bridgehead atoms. The third-order valence-electron chi connectivity index (χ3n) is 5.80. The van der Waals surface area contributed by atoms with Gasteiger partial charge in [-0.05, 0) is 43.5 Å². The van der Waals surface area contributed by atoms with Crippen molar-refractivity contribution in [1.29, 1.82) is 0 Å². The molecular formula is C23H23ClN4O. The molecule has 2 aromatic heterocycles. The maximum atomic E-state index is 12.8. The van der Waals surface area contributed by atoms with Crippen LogP contribution >= 0.6 is 11.6 Å². The molecule has 2 aliphatic heterocycles. The molecule has 1 aromatic carbocycles. The van der Waals surface area contributed by atoms with E-state index in [-0.39, 0.29) is 5.91 Å². The number of benzene rings is 1. The summed E-state index contributed by atoms with van der Waals surface area (Å²) in [6.45, 7) is 3.30. The van der Waals surface area contributed by atoms with Crippen molar-refractivity contribution in [2.45, 2.75) is 25.8 Å². The van der Waals surface area contributed by atoms with E-state index in [1.165, 1.54) is 19.3 Å². The Morgan fingerprint density at radius 3 is 2.59 bits per heavy atom. The van der Waals surface area contributed by atoms with Crippen LogP contribution in [-0.2, 0) is 11.3 Å². The number of amides is 1. The molecule has 6 heteroatoms. The van der Waals surface area contributed by atoms with Gasteiger partial charge in [-0.2, -0.15) is 0 Å². The molecule has 0 saturated carbocycles. The fourth-order valence-corrected chi connectivity index (χ4v) is 4.40. The Morgan fingerprint density at radius 2 is 1.79 bits per heavy atom. The number of carbonyl (C=O) groups is 1. The van der Waals surface area contributed by atoms with Crippen LogP contribution in [0.4, 0.5) is 0 Å². The van der Waals surface area contributed by atoms with E-state index in [0.29, 0.717) is 18.1 Å². The summed E-state index contributed by atoms with van der Waals surface area (Å²) >= 11 is 6.07. The van der Waals surface area contributed by atoms with Crippen LogP contribution in [0.5, 0.6) is 0 Å². The number of rotatable bonds is 4. The van der Waals surface area contributed by atoms with Gasteiger partial charge in [0, 0.05) is 41.6 Å². The molecule has 1 saturated heterocycles. The van der Waals surface area contributed by atoms with Crippen LogP contribution in [0.2, 0.25) is 5.02 Å². The molecule has 29 heavy (non-hydrogen) atoms. The summed E-state index contributed by atoms with van der Waals surface area (Å²) in [7, 11) is 0. The number of hydrogen-bond acceptors (Lipinski definition) is 3. The second-order valence-electron chi connectivity index (χ2n) is 7.72. The van der Waals surface area contributed by atoms with Gasteiger partial charge in [0.1, 0.15) is 5.65 Å². The molecule has 1 amide bonds. The number of halogens is 1. The van der Waals surface area contributed by atoms with E-state index in [1.54, 1.807) is 0 Å². The van der Waals surface area contributed by atoms with E-state index >= 15 is 0 Å². The number of nitrogens with zero attached hydrogens (tertiary/aromatic N) is 4. The van der Waals surface area contributed by atoms with E-state index in [9.17, 15) is 4.79 Å². The number of carbonyl (C=O) groups excluding carboxylic acids is 1. The predicted molar refractivity (Wildman–Crippen MR) is 115 cm³/mol. The lowest BCUT2D eigenvalue weighted by atomic mass is 10.1. The maximum absolute atomic E-state index is 12.8. The third kappa shape index (κ3) is 3.51. The lowest BCUT2D eigenvalue weighted by molar-refractivity contribution is -0.125. The number of hydrogen-bond donors (Lipinski definition) is 0. The first-order valence-electron chi connectivity index (χ1n) is 10.2. The minimum atomic E-state index is 0.0820. The van der Waals surface area contributed by atoms with Gasteiger partial charge >= 0.3 is 0 Å². The highest BCUT2D eigenvalue weighted by Gasteiger charge is 2.28. The van der Waals surface area contributed by atoms with Crippen LogP contribution < -0.4 is 0 Å². The monoisotopic (exact) mass is 406 g/mol. The lowest BCUT2D eigenvalue weighted by Gasteiger charge is -2.30. The molecular weight excluding hydrogens is 384 g/mol. The predicted octanol–water partition coefficient (Wildman–Crippen LogP) is 4.37. The fourth-order valence-electron chi connectivity index (χ4n) is 4.28. The lowest BCUT2D eigenvalue weighted by Crippen LogP contribution is -2.33. The SMILES string of the molecule is O=C1C=C(N2CCCCC2)CN1Cc1c(-c2ccc(Cl)cc2)nc2ccccn12. The first-order chi connectivity index (χ1) is 14.2. The summed E-state index contributed by atoms with van der Waals surface area (Å²) in [6, 6.07) is 13.7. The van der Waals surface area contributed by atoms with E-state index in [2.05, 4.69) is 9.30 Å². The first kappa shape index (κ1) is 18.3. The normalized spacial score (nSPS) is 17.3. The van der Waals surface area contributed by atoms with E-state index in [4.69, 9.17) is 16.6 Å². The zero-order valence-corrected chi connectivity index (χ0v) is 17.0. The molecule has 0 radical (unpaired) electrons. The second kappa shape index (κ2) is 7.56. The molecule has 0 atom stereocenters. The number of likely N-dealkylation sites (tertiary alicyclic amines) is 1. The Bertz CT molecular complexity index is 1080. The topological polar surface area (TPSA) is 40.9 Å². The minimum absolute atomic E-state index is 0.0820. The highest BCUT2D eigenvalue weighted by molar-refractivity contribution is 6.30. The van der Waals surface area contributed by atoms with Gasteiger partial charge in [-0.3, -0.25) is 4.79 Å². The van der Waals surface area contributed by atoms with Crippen LogP contribution in [0.3, 0.4) is 0 Å². The molecule has 3 aromatic rings. The van der Waals surface area contributed by atoms with Crippen LogP contribution in [0.1, 0.15) is 25.0 Å². The van der Waals surface area contributed by atoms with Crippen molar-refractivity contribution in [3.8, 4) is 11.3 Å². The summed E-state index contributed by atoms with van der Waals surface area (Å²) in [6.07, 6.45) is 7.53. The van der Waals surface area contributed by atoms with Crippen molar-refractivity contribution < 1.29 is 4.79 Å². The van der Waals surface area contributed by atoms with Crippen molar-refractivity contribution in [2.75, 3.05) is 19.6 Å². The van der Waals surface area contributed by atoms with Crippen LogP contribution in [0.25, 0.3) is 16.9 Å². The highest BCUT2D eigenvalue weighted by Crippen LogP contribution is 2.29. The molecule has 0 unspecified atom stereocenters. The molecule has 0 spiro atoms. The Morgan fingerprint density at radius 1 is 1.00 bits per heavy atom. The minimum Gasteiger partial charge on any atom is -0.373 e. The van der Waals surface area contributed by atoms with Gasteiger partial charge in [0.25, 0.3) is 0 Å². The molecule has 148 valence electrons. The number of aromatic nitrogens is 2. The molecule has 4 heterocycles. The van der Waals surface area contributed by atoms with Crippen molar-refractivity contribution in [3.63, 3.8) is 0 Å². The van der Waals surface area contributed by atoms with E-state index in [1.807, 2.05) is 59.6 Å². The fraction of sp³-hybridized carbons (Fsp3) is 0.304. The number of pyridine rings is 1. The Balaban J connectivity index is 1.46. The number of piperidine rings is 1. The average molecular weight is 407 g/mol. The molecule has 2 aliphatic rings. The largest absolute Gasteiger partial charge is 0.373 e. The molecule has 1 fully saturated rings. The van der Waals surface area contributed by atoms with Crippen molar-refractivity contribution in [3.05, 3.63) is 71.2 Å². The van der Waals surface area contributed by atoms with Crippen molar-refractivity contribution in [1.82, 2.24) is 19.2 Å². The van der Waals surface area contributed by atoms with Crippen molar-refractivity contribution in [2.24, 2.45) is 0 Å². The van der Waals surface area contributed by atoms with E-state index < -0.39 is 0 Å². The Hall–Kier alpha value is -2.79. The molecule has 5 nitrogen and oxygen atoms in total. The Labute approximate surface area is 175 Å². The number of fused-ring (bicyclic) bond motifs is 1. The van der Waals surface area contributed by atoms with Crippen LogP contribution in [0.15, 0.2) is 60.4 Å². The third-order valence-corrected chi connectivity index (χ3v) is 6.06. The zero-order chi connectivity index (χ0) is 19.8. The van der Waals surface area contributed by atoms with Gasteiger partial charge in [0.2, 0.25) is 5.91 Å². The van der Waals surface area contributed by atoms with Gasteiger partial charge in [-0.25, -0.2) is 4.98 Å². The van der Waals surface area contributed by atoms with Gasteiger partial charge in [-0.15, -0.1) is 0 Å². The van der Waals surface area contributed by atoms with Gasteiger partial charge < -0.3 is 14.2 Å². The molecule has 5 rings (SSSR count). The highest BCUT2D eigenvalue weighted by atomic mass is 35.5. The average Bonchev–Trinajstić information content (AvgIpc) is 3.31. The summed E-state index contributed by atoms with van der Waals surface area (Å²) in [4.78, 5) is 21.9. The first-order valence-corrected chi connectivity index (χ1v) is 10.5. The van der Waals surface area contributed by atoms with E-state index in [0.717, 1.165) is 41.4 Å². The number of imidazole rings is 1.